The fourth-order valence-corrected chi connectivity index (χ4v) is 9.41. The minimum Gasteiger partial charge on any atom is -0.460 e. The molecular weight excluding hydrogens is 691 g/mol. The topological polar surface area (TPSA) is 16.4 Å². The zero-order valence-electron chi connectivity index (χ0n) is 32.2. The van der Waals surface area contributed by atoms with Gasteiger partial charge in [0.25, 0.3) is 0 Å². The van der Waals surface area contributed by atoms with Crippen molar-refractivity contribution in [3.63, 3.8) is 0 Å². The second-order valence-corrected chi connectivity index (χ2v) is 16.0. The van der Waals surface area contributed by atoms with Crippen LogP contribution in [0, 0.1) is 0 Å². The first kappa shape index (κ1) is 33.4. The van der Waals surface area contributed by atoms with Crippen molar-refractivity contribution in [1.29, 1.82) is 0 Å². The van der Waals surface area contributed by atoms with Crippen molar-refractivity contribution in [2.75, 3.05) is 4.90 Å². The molecule has 9 aromatic rings. The van der Waals surface area contributed by atoms with E-state index in [1.165, 1.54) is 66.2 Å². The molecule has 0 fully saturated rings. The Kier molecular flexibility index (Phi) is 7.69. The smallest absolute Gasteiger partial charge is 0.142 e. The summed E-state index contributed by atoms with van der Waals surface area (Å²) in [6.07, 6.45) is 6.44. The van der Waals surface area contributed by atoms with Crippen LogP contribution in [0.15, 0.2) is 186 Å². The number of benzene rings is 8. The number of fused-ring (bicyclic) bond motifs is 7. The van der Waals surface area contributed by atoms with E-state index in [-0.39, 0.29) is 5.41 Å². The second kappa shape index (κ2) is 13.1. The standard InChI is InChI=1S/C55H41NO/c1-55(2)51-19-7-5-14-47(51)50-35-40(27-34-52(50)55)36-21-28-41(29-22-36)56(42-30-23-38(24-31-42)45-16-9-12-37-11-3-4-13-44(37)45)43-32-25-39(26-33-43)46-17-10-18-49-48-15-6-8-20-53(48)57-54(46)49/h3-7,9-19,21-35H,8,20H2,1-2H3. The molecule has 0 N–H and O–H groups in total. The molecule has 2 nitrogen and oxygen atoms in total. The number of allylic oxidation sites excluding steroid dienone is 1. The van der Waals surface area contributed by atoms with Crippen LogP contribution in [0.4, 0.5) is 17.1 Å². The van der Waals surface area contributed by atoms with Gasteiger partial charge < -0.3 is 9.32 Å². The fraction of sp³-hybridized carbons (Fsp3) is 0.0909. The van der Waals surface area contributed by atoms with Crippen LogP contribution in [-0.4, -0.2) is 0 Å². The highest BCUT2D eigenvalue weighted by Gasteiger charge is 2.35. The number of hydrogen-bond donors (Lipinski definition) is 0. The highest BCUT2D eigenvalue weighted by molar-refractivity contribution is 5.99. The van der Waals surface area contributed by atoms with Gasteiger partial charge in [-0.1, -0.05) is 159 Å². The van der Waals surface area contributed by atoms with E-state index in [4.69, 9.17) is 4.42 Å². The molecule has 0 radical (unpaired) electrons. The van der Waals surface area contributed by atoms with Crippen LogP contribution >= 0.6 is 0 Å². The Labute approximate surface area is 334 Å². The SMILES string of the molecule is CC1(C)c2ccccc2-c2cc(-c3ccc(N(c4ccc(-c5cccc6ccccc56)cc4)c4ccc(-c5cccc6c7c(oc56)CCC=C7)cc4)cc3)ccc21. The van der Waals surface area contributed by atoms with Gasteiger partial charge in [0.1, 0.15) is 11.3 Å². The van der Waals surface area contributed by atoms with E-state index < -0.39 is 0 Å². The zero-order valence-corrected chi connectivity index (χ0v) is 32.2. The molecule has 0 unspecified atom stereocenters. The molecule has 8 aromatic carbocycles. The van der Waals surface area contributed by atoms with E-state index in [9.17, 15) is 0 Å². The Morgan fingerprint density at radius 2 is 1.04 bits per heavy atom. The number of anilines is 3. The van der Waals surface area contributed by atoms with Crippen LogP contribution in [0.5, 0.6) is 0 Å². The molecule has 11 rings (SSSR count). The van der Waals surface area contributed by atoms with E-state index >= 15 is 0 Å². The van der Waals surface area contributed by atoms with Gasteiger partial charge in [-0.25, -0.2) is 0 Å². The number of para-hydroxylation sites is 1. The highest BCUT2D eigenvalue weighted by Crippen LogP contribution is 2.50. The van der Waals surface area contributed by atoms with Crippen LogP contribution < -0.4 is 4.90 Å². The third kappa shape index (κ3) is 5.47. The van der Waals surface area contributed by atoms with Crippen molar-refractivity contribution in [1.82, 2.24) is 0 Å². The van der Waals surface area contributed by atoms with E-state index in [2.05, 4.69) is 207 Å². The minimum absolute atomic E-state index is 0.00520. The maximum atomic E-state index is 6.50. The van der Waals surface area contributed by atoms with Crippen LogP contribution in [0.2, 0.25) is 0 Å². The summed E-state index contributed by atoms with van der Waals surface area (Å²) in [6, 6.07) is 64.5. The van der Waals surface area contributed by atoms with Crippen LogP contribution in [0.25, 0.3) is 72.3 Å². The Morgan fingerprint density at radius 1 is 0.474 bits per heavy atom. The van der Waals surface area contributed by atoms with Gasteiger partial charge in [-0.15, -0.1) is 0 Å². The lowest BCUT2D eigenvalue weighted by Gasteiger charge is -2.26. The molecule has 0 amide bonds. The van der Waals surface area contributed by atoms with Gasteiger partial charge in [0.15, 0.2) is 0 Å². The van der Waals surface area contributed by atoms with Gasteiger partial charge in [-0.2, -0.15) is 0 Å². The summed E-state index contributed by atoms with van der Waals surface area (Å²) >= 11 is 0. The number of rotatable bonds is 6. The number of hydrogen-bond acceptors (Lipinski definition) is 2. The monoisotopic (exact) mass is 731 g/mol. The first-order chi connectivity index (χ1) is 28.0. The fourth-order valence-electron chi connectivity index (χ4n) is 9.41. The Hall–Kier alpha value is -6.90. The molecule has 0 bridgehead atoms. The highest BCUT2D eigenvalue weighted by atomic mass is 16.3. The summed E-state index contributed by atoms with van der Waals surface area (Å²) in [5.41, 5.74) is 18.1. The summed E-state index contributed by atoms with van der Waals surface area (Å²) in [6.45, 7) is 4.67. The average molecular weight is 732 g/mol. The lowest BCUT2D eigenvalue weighted by molar-refractivity contribution is 0.547. The third-order valence-electron chi connectivity index (χ3n) is 12.4. The molecule has 0 aliphatic heterocycles. The molecule has 272 valence electrons. The van der Waals surface area contributed by atoms with Gasteiger partial charge in [0.2, 0.25) is 0 Å². The molecule has 1 heterocycles. The minimum atomic E-state index is -0.00520. The van der Waals surface area contributed by atoms with E-state index in [1.807, 2.05) is 0 Å². The summed E-state index contributed by atoms with van der Waals surface area (Å²) in [7, 11) is 0. The lowest BCUT2D eigenvalue weighted by Crippen LogP contribution is -2.14. The number of furan rings is 1. The average Bonchev–Trinajstić information content (AvgIpc) is 3.76. The van der Waals surface area contributed by atoms with Crippen LogP contribution in [-0.2, 0) is 11.8 Å². The molecule has 1 aromatic heterocycles. The van der Waals surface area contributed by atoms with Crippen LogP contribution in [0.3, 0.4) is 0 Å². The molecule has 57 heavy (non-hydrogen) atoms. The number of nitrogens with zero attached hydrogens (tertiary/aromatic N) is 1. The molecular formula is C55H41NO. The summed E-state index contributed by atoms with van der Waals surface area (Å²) in [4.78, 5) is 2.36. The van der Waals surface area contributed by atoms with Crippen molar-refractivity contribution in [3.05, 3.63) is 204 Å². The Bertz CT molecular complexity index is 3010. The zero-order chi connectivity index (χ0) is 38.1. The maximum absolute atomic E-state index is 6.50. The maximum Gasteiger partial charge on any atom is 0.142 e. The Morgan fingerprint density at radius 3 is 1.81 bits per heavy atom. The second-order valence-electron chi connectivity index (χ2n) is 16.0. The summed E-state index contributed by atoms with van der Waals surface area (Å²) < 4.78 is 6.50. The molecule has 0 atom stereocenters. The van der Waals surface area contributed by atoms with Crippen molar-refractivity contribution in [2.45, 2.75) is 32.1 Å². The first-order valence-electron chi connectivity index (χ1n) is 20.1. The molecule has 0 saturated heterocycles. The number of aryl methyl sites for hydroxylation is 1. The van der Waals surface area contributed by atoms with Gasteiger partial charge in [-0.05, 0) is 110 Å². The van der Waals surface area contributed by atoms with Gasteiger partial charge >= 0.3 is 0 Å². The molecule has 0 saturated carbocycles. The molecule has 2 heteroatoms. The van der Waals surface area contributed by atoms with Gasteiger partial charge in [-0.3, -0.25) is 0 Å². The molecule has 2 aliphatic carbocycles. The van der Waals surface area contributed by atoms with Crippen molar-refractivity contribution in [3.8, 4) is 44.5 Å². The lowest BCUT2D eigenvalue weighted by atomic mass is 9.82. The van der Waals surface area contributed by atoms with Gasteiger partial charge in [0, 0.05) is 45.4 Å². The van der Waals surface area contributed by atoms with E-state index in [0.29, 0.717) is 0 Å². The quantitative estimate of drug-likeness (QED) is 0.169. The largest absolute Gasteiger partial charge is 0.460 e. The Balaban J connectivity index is 0.981. The predicted molar refractivity (Wildman–Crippen MR) is 240 cm³/mol. The van der Waals surface area contributed by atoms with Gasteiger partial charge in [0.05, 0.1) is 0 Å². The summed E-state index contributed by atoms with van der Waals surface area (Å²) in [5, 5.41) is 3.70. The molecule has 0 spiro atoms. The third-order valence-corrected chi connectivity index (χ3v) is 12.4. The van der Waals surface area contributed by atoms with E-state index in [1.54, 1.807) is 0 Å². The predicted octanol–water partition coefficient (Wildman–Crippen LogP) is 15.3. The molecule has 2 aliphatic rings. The van der Waals surface area contributed by atoms with E-state index in [0.717, 1.165) is 52.4 Å². The first-order valence-corrected chi connectivity index (χ1v) is 20.1. The van der Waals surface area contributed by atoms with Crippen molar-refractivity contribution >= 4 is 44.9 Å². The normalized spacial score (nSPS) is 13.7. The summed E-state index contributed by atoms with van der Waals surface area (Å²) in [5.74, 6) is 1.09. The van der Waals surface area contributed by atoms with Crippen LogP contribution in [0.1, 0.15) is 42.7 Å². The van der Waals surface area contributed by atoms with Crippen molar-refractivity contribution in [2.24, 2.45) is 0 Å². The van der Waals surface area contributed by atoms with Crippen molar-refractivity contribution < 1.29 is 4.42 Å².